The van der Waals surface area contributed by atoms with Crippen LogP contribution in [0.3, 0.4) is 0 Å². The van der Waals surface area contributed by atoms with Crippen molar-refractivity contribution in [2.75, 3.05) is 20.2 Å². The van der Waals surface area contributed by atoms with Gasteiger partial charge in [0.15, 0.2) is 5.82 Å². The van der Waals surface area contributed by atoms with Crippen LogP contribution in [0.15, 0.2) is 48.7 Å². The van der Waals surface area contributed by atoms with E-state index in [2.05, 4.69) is 55.9 Å². The molecule has 3 heterocycles. The minimum atomic E-state index is -0.237. The number of methoxy groups -OCH3 is 1. The van der Waals surface area contributed by atoms with Gasteiger partial charge in [-0.05, 0) is 35.7 Å². The highest BCUT2D eigenvalue weighted by Crippen LogP contribution is 2.23. The monoisotopic (exact) mass is 434 g/mol. The van der Waals surface area contributed by atoms with Gasteiger partial charge in [-0.2, -0.15) is 0 Å². The third-order valence-electron chi connectivity index (χ3n) is 5.84. The number of ether oxygens (including phenoxy) is 1. The molecule has 0 radical (unpaired) electrons. The van der Waals surface area contributed by atoms with E-state index in [1.165, 1.54) is 5.56 Å². The Bertz CT molecular complexity index is 1030. The Hall–Kier alpha value is -3.26. The minimum Gasteiger partial charge on any atom is -0.497 e. The van der Waals surface area contributed by atoms with Crippen molar-refractivity contribution in [3.8, 4) is 5.75 Å². The average molecular weight is 435 g/mol. The number of nitrogens with one attached hydrogen (secondary N) is 1. The Morgan fingerprint density at radius 1 is 1.09 bits per heavy atom. The second-order valence-electron chi connectivity index (χ2n) is 8.41. The summed E-state index contributed by atoms with van der Waals surface area (Å²) in [7, 11) is 1.68. The highest BCUT2D eigenvalue weighted by atomic mass is 16.5. The van der Waals surface area contributed by atoms with E-state index in [0.29, 0.717) is 5.69 Å². The molecule has 1 aliphatic heterocycles. The van der Waals surface area contributed by atoms with Crippen LogP contribution in [0.5, 0.6) is 5.75 Å². The summed E-state index contributed by atoms with van der Waals surface area (Å²) in [6.07, 6.45) is 2.45. The number of pyridine rings is 1. The lowest BCUT2D eigenvalue weighted by Gasteiger charge is -2.23. The quantitative estimate of drug-likeness (QED) is 0.616. The second kappa shape index (κ2) is 9.91. The van der Waals surface area contributed by atoms with Crippen LogP contribution in [0, 0.1) is 5.92 Å². The van der Waals surface area contributed by atoms with E-state index in [1.54, 1.807) is 25.4 Å². The molecule has 2 aromatic heterocycles. The van der Waals surface area contributed by atoms with Crippen molar-refractivity contribution in [3.05, 3.63) is 71.6 Å². The Morgan fingerprint density at radius 2 is 1.91 bits per heavy atom. The maximum absolute atomic E-state index is 12.7. The number of fused-ring (bicyclic) bond motifs is 1. The molecule has 0 aliphatic carbocycles. The van der Waals surface area contributed by atoms with E-state index in [0.717, 1.165) is 50.0 Å². The maximum Gasteiger partial charge on any atom is 0.270 e. The van der Waals surface area contributed by atoms with Crippen molar-refractivity contribution in [2.24, 2.45) is 5.92 Å². The lowest BCUT2D eigenvalue weighted by molar-refractivity contribution is 0.0916. The molecule has 4 rings (SSSR count). The van der Waals surface area contributed by atoms with Crippen LogP contribution < -0.4 is 10.1 Å². The van der Waals surface area contributed by atoms with Gasteiger partial charge in [0.25, 0.3) is 5.91 Å². The van der Waals surface area contributed by atoms with Gasteiger partial charge >= 0.3 is 0 Å². The predicted molar refractivity (Wildman–Crippen MR) is 121 cm³/mol. The molecular weight excluding hydrogens is 404 g/mol. The van der Waals surface area contributed by atoms with Crippen LogP contribution in [0.4, 0.5) is 0 Å². The van der Waals surface area contributed by atoms with Crippen LogP contribution >= 0.6 is 0 Å². The normalized spacial score (nSPS) is 15.1. The molecule has 0 saturated heterocycles. The van der Waals surface area contributed by atoms with Gasteiger partial charge in [-0.15, -0.1) is 10.2 Å². The lowest BCUT2D eigenvalue weighted by Crippen LogP contribution is -2.34. The van der Waals surface area contributed by atoms with Crippen molar-refractivity contribution in [2.45, 2.75) is 39.4 Å². The van der Waals surface area contributed by atoms with E-state index in [-0.39, 0.29) is 17.9 Å². The van der Waals surface area contributed by atoms with Gasteiger partial charge in [0.1, 0.15) is 17.3 Å². The Morgan fingerprint density at radius 3 is 2.59 bits per heavy atom. The lowest BCUT2D eigenvalue weighted by atomic mass is 10.0. The van der Waals surface area contributed by atoms with Gasteiger partial charge in [-0.25, -0.2) is 0 Å². The summed E-state index contributed by atoms with van der Waals surface area (Å²) < 4.78 is 7.43. The molecule has 0 fully saturated rings. The summed E-state index contributed by atoms with van der Waals surface area (Å²) in [4.78, 5) is 19.3. The molecule has 1 N–H and O–H groups in total. The van der Waals surface area contributed by atoms with Gasteiger partial charge in [-0.1, -0.05) is 32.0 Å². The molecular formula is C24H30N6O2. The summed E-state index contributed by atoms with van der Waals surface area (Å²) in [6.45, 7) is 7.63. The number of nitrogens with zero attached hydrogens (tertiary/aromatic N) is 5. The number of aromatic nitrogens is 4. The SMILES string of the molecule is COc1ccc(CN2CCc3nnc(C(NC(=O)c4ccccn4)C(C)C)n3CC2)cc1. The van der Waals surface area contributed by atoms with Crippen LogP contribution in [0.25, 0.3) is 0 Å². The predicted octanol–water partition coefficient (Wildman–Crippen LogP) is 2.87. The van der Waals surface area contributed by atoms with Crippen LogP contribution in [-0.2, 0) is 19.5 Å². The fourth-order valence-electron chi connectivity index (χ4n) is 4.01. The first kappa shape index (κ1) is 22.0. The highest BCUT2D eigenvalue weighted by Gasteiger charge is 2.28. The van der Waals surface area contributed by atoms with Crippen LogP contribution in [-0.4, -0.2) is 50.8 Å². The van der Waals surface area contributed by atoms with E-state index in [1.807, 2.05) is 18.2 Å². The van der Waals surface area contributed by atoms with Gasteiger partial charge < -0.3 is 14.6 Å². The summed E-state index contributed by atoms with van der Waals surface area (Å²) in [5, 5.41) is 12.1. The first-order valence-electron chi connectivity index (χ1n) is 11.0. The second-order valence-corrected chi connectivity index (χ2v) is 8.41. The average Bonchev–Trinajstić information content (AvgIpc) is 3.11. The number of carbonyl (C=O) groups is 1. The highest BCUT2D eigenvalue weighted by molar-refractivity contribution is 5.92. The zero-order chi connectivity index (χ0) is 22.5. The third kappa shape index (κ3) is 4.96. The number of rotatable bonds is 7. The fraction of sp³-hybridized carbons (Fsp3) is 0.417. The number of hydrogen-bond acceptors (Lipinski definition) is 6. The van der Waals surface area contributed by atoms with Crippen molar-refractivity contribution in [1.29, 1.82) is 0 Å². The van der Waals surface area contributed by atoms with E-state index < -0.39 is 0 Å². The van der Waals surface area contributed by atoms with Gasteiger partial charge in [0.2, 0.25) is 0 Å². The number of carbonyl (C=O) groups excluding carboxylic acids is 1. The topological polar surface area (TPSA) is 85.2 Å². The molecule has 3 aromatic rings. The zero-order valence-corrected chi connectivity index (χ0v) is 18.9. The molecule has 8 nitrogen and oxygen atoms in total. The summed E-state index contributed by atoms with van der Waals surface area (Å²) >= 11 is 0. The van der Waals surface area contributed by atoms with Crippen LogP contribution in [0.2, 0.25) is 0 Å². The molecule has 1 aromatic carbocycles. The number of amides is 1. The standard InChI is InChI=1S/C24H30N6O2/c1-17(2)22(26-24(31)20-6-4-5-12-25-20)23-28-27-21-11-13-29(14-15-30(21)23)16-18-7-9-19(32-3)10-8-18/h4-10,12,17,22H,11,13-16H2,1-3H3,(H,26,31). The first-order chi connectivity index (χ1) is 15.5. The fourth-order valence-corrected chi connectivity index (χ4v) is 4.01. The van der Waals surface area contributed by atoms with Crippen molar-refractivity contribution >= 4 is 5.91 Å². The molecule has 0 spiro atoms. The van der Waals surface area contributed by atoms with Gasteiger partial charge in [-0.3, -0.25) is 14.7 Å². The minimum absolute atomic E-state index is 0.162. The molecule has 8 heteroatoms. The smallest absolute Gasteiger partial charge is 0.270 e. The van der Waals surface area contributed by atoms with Gasteiger partial charge in [0, 0.05) is 38.8 Å². The zero-order valence-electron chi connectivity index (χ0n) is 18.9. The Labute approximate surface area is 188 Å². The molecule has 1 aliphatic rings. The molecule has 1 unspecified atom stereocenters. The van der Waals surface area contributed by atoms with Gasteiger partial charge in [0.05, 0.1) is 13.2 Å². The largest absolute Gasteiger partial charge is 0.497 e. The molecule has 0 saturated carbocycles. The summed E-state index contributed by atoms with van der Waals surface area (Å²) in [5.74, 6) is 2.61. The molecule has 1 atom stereocenters. The summed E-state index contributed by atoms with van der Waals surface area (Å²) in [5.41, 5.74) is 1.66. The van der Waals surface area contributed by atoms with Crippen molar-refractivity contribution in [3.63, 3.8) is 0 Å². The van der Waals surface area contributed by atoms with Crippen molar-refractivity contribution < 1.29 is 9.53 Å². The Balaban J connectivity index is 1.46. The number of benzene rings is 1. The molecule has 1 amide bonds. The third-order valence-corrected chi connectivity index (χ3v) is 5.84. The maximum atomic E-state index is 12.7. The molecule has 32 heavy (non-hydrogen) atoms. The number of hydrogen-bond donors (Lipinski definition) is 1. The first-order valence-corrected chi connectivity index (χ1v) is 11.0. The Kier molecular flexibility index (Phi) is 6.80. The molecule has 168 valence electrons. The van der Waals surface area contributed by atoms with Crippen LogP contribution in [0.1, 0.15) is 47.6 Å². The van der Waals surface area contributed by atoms with E-state index >= 15 is 0 Å². The van der Waals surface area contributed by atoms with E-state index in [9.17, 15) is 4.79 Å². The van der Waals surface area contributed by atoms with E-state index in [4.69, 9.17) is 4.74 Å². The summed E-state index contributed by atoms with van der Waals surface area (Å²) in [6, 6.07) is 13.3. The van der Waals surface area contributed by atoms with Crippen molar-refractivity contribution in [1.82, 2.24) is 30.0 Å². The molecule has 0 bridgehead atoms.